The number of amides is 1. The number of carbonyl (C=O) groups is 2. The molecule has 0 N–H and O–H groups in total. The summed E-state index contributed by atoms with van der Waals surface area (Å²) in [5.41, 5.74) is 1.17. The van der Waals surface area contributed by atoms with Gasteiger partial charge in [-0.2, -0.15) is 0 Å². The van der Waals surface area contributed by atoms with Crippen LogP contribution >= 0.6 is 0 Å². The van der Waals surface area contributed by atoms with E-state index in [4.69, 9.17) is 0 Å². The van der Waals surface area contributed by atoms with Crippen molar-refractivity contribution >= 4 is 11.9 Å². The van der Waals surface area contributed by atoms with Gasteiger partial charge in [0.2, 0.25) is 5.91 Å². The largest absolute Gasteiger partial charge is 0.469 e. The van der Waals surface area contributed by atoms with E-state index in [1.165, 1.54) is 12.7 Å². The highest BCUT2D eigenvalue weighted by Gasteiger charge is 2.14. The number of rotatable bonds is 7. The molecule has 1 aromatic rings. The molecule has 0 aliphatic heterocycles. The van der Waals surface area contributed by atoms with Crippen LogP contribution in [0.3, 0.4) is 0 Å². The van der Waals surface area contributed by atoms with Crippen LogP contribution < -0.4 is 0 Å². The lowest BCUT2D eigenvalue weighted by molar-refractivity contribution is -0.141. The molecule has 0 heterocycles. The highest BCUT2D eigenvalue weighted by molar-refractivity contribution is 5.77. The molecule has 1 rings (SSSR count). The van der Waals surface area contributed by atoms with Gasteiger partial charge in [0.15, 0.2) is 0 Å². The number of hydrogen-bond donors (Lipinski definition) is 0. The van der Waals surface area contributed by atoms with Crippen molar-refractivity contribution in [3.63, 3.8) is 0 Å². The van der Waals surface area contributed by atoms with Gasteiger partial charge in [0.25, 0.3) is 0 Å². The molecule has 1 amide bonds. The van der Waals surface area contributed by atoms with Crippen molar-refractivity contribution in [1.82, 2.24) is 4.90 Å². The maximum Gasteiger partial charge on any atom is 0.305 e. The third kappa shape index (κ3) is 5.43. The predicted octanol–water partition coefficient (Wildman–Crippen LogP) is 2.59. The summed E-state index contributed by atoms with van der Waals surface area (Å²) in [5, 5.41) is 0. The molecule has 1 atom stereocenters. The maximum atomic E-state index is 12.1. The summed E-state index contributed by atoms with van der Waals surface area (Å²) >= 11 is 0. The van der Waals surface area contributed by atoms with Gasteiger partial charge in [-0.25, -0.2) is 0 Å². The Kier molecular flexibility index (Phi) is 6.77. The smallest absolute Gasteiger partial charge is 0.305 e. The molecular formula is C16H23NO3. The summed E-state index contributed by atoms with van der Waals surface area (Å²) in [5.74, 6) is 0.0708. The van der Waals surface area contributed by atoms with Crippen molar-refractivity contribution < 1.29 is 14.3 Å². The normalized spacial score (nSPS) is 11.8. The molecule has 1 aromatic carbocycles. The second-order valence-electron chi connectivity index (χ2n) is 5.01. The average molecular weight is 277 g/mol. The lowest BCUT2D eigenvalue weighted by atomic mass is 9.97. The minimum Gasteiger partial charge on any atom is -0.469 e. The Morgan fingerprint density at radius 1 is 1.25 bits per heavy atom. The Bertz CT molecular complexity index is 431. The van der Waals surface area contributed by atoms with Crippen LogP contribution in [0.5, 0.6) is 0 Å². The van der Waals surface area contributed by atoms with Crippen molar-refractivity contribution in [1.29, 1.82) is 0 Å². The van der Waals surface area contributed by atoms with E-state index >= 15 is 0 Å². The molecule has 0 saturated carbocycles. The minimum atomic E-state index is -0.233. The minimum absolute atomic E-state index is 0.103. The topological polar surface area (TPSA) is 46.6 Å². The lowest BCUT2D eigenvalue weighted by Gasteiger charge is -2.19. The first-order valence-corrected chi connectivity index (χ1v) is 6.90. The lowest BCUT2D eigenvalue weighted by Crippen LogP contribution is -2.29. The standard InChI is InChI=1S/C16H23NO3/c1-13(14-8-5-4-6-9-14)12-15(18)17(2)11-7-10-16(19)20-3/h4-6,8-9,13H,7,10-12H2,1-3H3. The SMILES string of the molecule is COC(=O)CCCN(C)C(=O)CC(C)c1ccccc1. The molecule has 0 bridgehead atoms. The summed E-state index contributed by atoms with van der Waals surface area (Å²) in [6.45, 7) is 2.63. The van der Waals surface area contributed by atoms with Gasteiger partial charge >= 0.3 is 5.97 Å². The summed E-state index contributed by atoms with van der Waals surface area (Å²) in [7, 11) is 3.15. The number of esters is 1. The van der Waals surface area contributed by atoms with Crippen LogP contribution in [0.15, 0.2) is 30.3 Å². The van der Waals surface area contributed by atoms with Crippen molar-refractivity contribution in [2.75, 3.05) is 20.7 Å². The quantitative estimate of drug-likeness (QED) is 0.720. The van der Waals surface area contributed by atoms with Crippen LogP contribution in [-0.2, 0) is 14.3 Å². The van der Waals surface area contributed by atoms with Gasteiger partial charge in [-0.1, -0.05) is 37.3 Å². The first-order chi connectivity index (χ1) is 9.54. The average Bonchev–Trinajstić information content (AvgIpc) is 2.47. The van der Waals surface area contributed by atoms with E-state index in [9.17, 15) is 9.59 Å². The van der Waals surface area contributed by atoms with E-state index in [1.54, 1.807) is 11.9 Å². The van der Waals surface area contributed by atoms with Gasteiger partial charge in [-0.3, -0.25) is 9.59 Å². The van der Waals surface area contributed by atoms with E-state index in [0.717, 1.165) is 0 Å². The van der Waals surface area contributed by atoms with Crippen LogP contribution in [0.2, 0.25) is 0 Å². The molecule has 0 radical (unpaired) electrons. The zero-order valence-electron chi connectivity index (χ0n) is 12.5. The van der Waals surface area contributed by atoms with Gasteiger partial charge in [0.1, 0.15) is 0 Å². The molecule has 1 unspecified atom stereocenters. The second kappa shape index (κ2) is 8.35. The Morgan fingerprint density at radius 3 is 2.50 bits per heavy atom. The molecule has 0 aliphatic carbocycles. The Morgan fingerprint density at radius 2 is 1.90 bits per heavy atom. The first-order valence-electron chi connectivity index (χ1n) is 6.90. The van der Waals surface area contributed by atoms with Gasteiger partial charge in [-0.05, 0) is 17.9 Å². The van der Waals surface area contributed by atoms with E-state index in [0.29, 0.717) is 25.8 Å². The van der Waals surface area contributed by atoms with E-state index in [-0.39, 0.29) is 17.8 Å². The number of ether oxygens (including phenoxy) is 1. The van der Waals surface area contributed by atoms with E-state index in [2.05, 4.69) is 11.7 Å². The van der Waals surface area contributed by atoms with Crippen molar-refractivity contribution in [2.24, 2.45) is 0 Å². The number of methoxy groups -OCH3 is 1. The molecule has 110 valence electrons. The second-order valence-corrected chi connectivity index (χ2v) is 5.01. The Labute approximate surface area is 120 Å². The highest BCUT2D eigenvalue weighted by atomic mass is 16.5. The molecule has 4 nitrogen and oxygen atoms in total. The fraction of sp³-hybridized carbons (Fsp3) is 0.500. The summed E-state index contributed by atoms with van der Waals surface area (Å²) in [6.07, 6.45) is 1.47. The van der Waals surface area contributed by atoms with Crippen LogP contribution in [0.4, 0.5) is 0 Å². The van der Waals surface area contributed by atoms with Crippen LogP contribution in [0.25, 0.3) is 0 Å². The molecular weight excluding hydrogens is 254 g/mol. The zero-order valence-corrected chi connectivity index (χ0v) is 12.5. The fourth-order valence-electron chi connectivity index (χ4n) is 2.00. The summed E-state index contributed by atoms with van der Waals surface area (Å²) in [6, 6.07) is 10.0. The highest BCUT2D eigenvalue weighted by Crippen LogP contribution is 2.19. The van der Waals surface area contributed by atoms with Crippen molar-refractivity contribution in [3.8, 4) is 0 Å². The molecule has 0 saturated heterocycles. The third-order valence-corrected chi connectivity index (χ3v) is 3.38. The van der Waals surface area contributed by atoms with Gasteiger partial charge in [-0.15, -0.1) is 0 Å². The van der Waals surface area contributed by atoms with Crippen molar-refractivity contribution in [3.05, 3.63) is 35.9 Å². The van der Waals surface area contributed by atoms with E-state index < -0.39 is 0 Å². The van der Waals surface area contributed by atoms with Crippen LogP contribution in [0, 0.1) is 0 Å². The predicted molar refractivity (Wildman–Crippen MR) is 78.4 cm³/mol. The summed E-state index contributed by atoms with van der Waals surface area (Å²) < 4.78 is 4.57. The van der Waals surface area contributed by atoms with Crippen LogP contribution in [0.1, 0.15) is 37.7 Å². The molecule has 0 aliphatic rings. The maximum absolute atomic E-state index is 12.1. The number of benzene rings is 1. The number of nitrogens with zero attached hydrogens (tertiary/aromatic N) is 1. The Balaban J connectivity index is 2.36. The fourth-order valence-corrected chi connectivity index (χ4v) is 2.00. The Hall–Kier alpha value is -1.84. The molecule has 4 heteroatoms. The van der Waals surface area contributed by atoms with E-state index in [1.807, 2.05) is 30.3 Å². The van der Waals surface area contributed by atoms with Gasteiger partial charge in [0.05, 0.1) is 7.11 Å². The zero-order chi connectivity index (χ0) is 15.0. The molecule has 0 spiro atoms. The monoisotopic (exact) mass is 277 g/mol. The number of carbonyl (C=O) groups excluding carboxylic acids is 2. The van der Waals surface area contributed by atoms with Crippen molar-refractivity contribution in [2.45, 2.75) is 32.1 Å². The van der Waals surface area contributed by atoms with Gasteiger partial charge < -0.3 is 9.64 Å². The number of hydrogen-bond acceptors (Lipinski definition) is 3. The third-order valence-electron chi connectivity index (χ3n) is 3.38. The van der Waals surface area contributed by atoms with Gasteiger partial charge in [0, 0.05) is 26.4 Å². The molecule has 0 aromatic heterocycles. The molecule has 0 fully saturated rings. The van der Waals surface area contributed by atoms with Crippen LogP contribution in [-0.4, -0.2) is 37.5 Å². The first kappa shape index (κ1) is 16.2. The summed E-state index contributed by atoms with van der Waals surface area (Å²) in [4.78, 5) is 24.8. The molecule has 20 heavy (non-hydrogen) atoms.